The first kappa shape index (κ1) is 15.5. The van der Waals surface area contributed by atoms with Crippen LogP contribution in [0.4, 0.5) is 5.82 Å². The lowest BCUT2D eigenvalue weighted by molar-refractivity contribution is 0.200. The highest BCUT2D eigenvalue weighted by atomic mass is 35.5. The van der Waals surface area contributed by atoms with Gasteiger partial charge in [0.05, 0.1) is 16.5 Å². The Kier molecular flexibility index (Phi) is 4.26. The van der Waals surface area contributed by atoms with Crippen molar-refractivity contribution >= 4 is 27.3 Å². The van der Waals surface area contributed by atoms with Gasteiger partial charge in [0.1, 0.15) is 11.9 Å². The van der Waals surface area contributed by atoms with Crippen LogP contribution < -0.4 is 4.90 Å². The van der Waals surface area contributed by atoms with Gasteiger partial charge in [0.25, 0.3) is 0 Å². The molecule has 0 amide bonds. The Hall–Kier alpha value is -1.36. The van der Waals surface area contributed by atoms with E-state index >= 15 is 0 Å². The van der Waals surface area contributed by atoms with E-state index in [0.29, 0.717) is 10.8 Å². The molecular weight excluding hydrogens is 324 g/mol. The zero-order valence-electron chi connectivity index (χ0n) is 12.1. The first-order chi connectivity index (χ1) is 10.5. The molecular formula is C14H17ClN4O2S. The second-order valence-electron chi connectivity index (χ2n) is 5.69. The molecule has 3 rings (SSSR count). The lowest BCUT2D eigenvalue weighted by atomic mass is 10.2. The number of pyridine rings is 1. The van der Waals surface area contributed by atoms with E-state index in [9.17, 15) is 8.42 Å². The normalized spacial score (nSPS) is 25.1. The maximum atomic E-state index is 11.6. The second-order valence-corrected chi connectivity index (χ2v) is 8.33. The Labute approximate surface area is 135 Å². The standard InChI is InChI=1S/C14H17ClN4O2S/c15-12-1-2-14(17-13(12)9-16)19-6-4-18(5-7-19)11-3-8-22(20,21)10-11/h1-2,11H,3-8,10H2/t11-/m0/s1. The molecule has 0 N–H and O–H groups in total. The van der Waals surface area contributed by atoms with Gasteiger partial charge in [-0.15, -0.1) is 0 Å². The van der Waals surface area contributed by atoms with Crippen LogP contribution in [0, 0.1) is 11.3 Å². The molecule has 2 saturated heterocycles. The van der Waals surface area contributed by atoms with Crippen LogP contribution in [0.1, 0.15) is 12.1 Å². The third-order valence-electron chi connectivity index (χ3n) is 4.30. The van der Waals surface area contributed by atoms with E-state index < -0.39 is 9.84 Å². The maximum Gasteiger partial charge on any atom is 0.161 e. The number of hydrogen-bond acceptors (Lipinski definition) is 6. The quantitative estimate of drug-likeness (QED) is 0.796. The number of hydrogen-bond donors (Lipinski definition) is 0. The molecule has 22 heavy (non-hydrogen) atoms. The summed E-state index contributed by atoms with van der Waals surface area (Å²) in [6.07, 6.45) is 0.736. The monoisotopic (exact) mass is 340 g/mol. The predicted octanol–water partition coefficient (Wildman–Crippen LogP) is 0.916. The minimum absolute atomic E-state index is 0.153. The van der Waals surface area contributed by atoms with E-state index in [1.807, 2.05) is 12.1 Å². The summed E-state index contributed by atoms with van der Waals surface area (Å²) in [5.74, 6) is 1.34. The Morgan fingerprint density at radius 3 is 2.59 bits per heavy atom. The number of rotatable bonds is 2. The first-order valence-electron chi connectivity index (χ1n) is 7.24. The summed E-state index contributed by atoms with van der Waals surface area (Å²) < 4.78 is 23.2. The average Bonchev–Trinajstić information content (AvgIpc) is 2.88. The van der Waals surface area contributed by atoms with Gasteiger partial charge in [-0.05, 0) is 18.6 Å². The van der Waals surface area contributed by atoms with E-state index in [-0.39, 0.29) is 17.5 Å². The number of nitriles is 1. The third-order valence-corrected chi connectivity index (χ3v) is 6.36. The van der Waals surface area contributed by atoms with Gasteiger partial charge in [-0.2, -0.15) is 5.26 Å². The van der Waals surface area contributed by atoms with Gasteiger partial charge < -0.3 is 4.90 Å². The van der Waals surface area contributed by atoms with Crippen molar-refractivity contribution in [3.05, 3.63) is 22.8 Å². The number of piperazine rings is 1. The number of nitrogens with zero attached hydrogens (tertiary/aromatic N) is 4. The lowest BCUT2D eigenvalue weighted by Gasteiger charge is -2.38. The van der Waals surface area contributed by atoms with Gasteiger partial charge in [-0.3, -0.25) is 4.90 Å². The molecule has 2 fully saturated rings. The van der Waals surface area contributed by atoms with Crippen LogP contribution in [0.2, 0.25) is 5.02 Å². The lowest BCUT2D eigenvalue weighted by Crippen LogP contribution is -2.51. The molecule has 8 heteroatoms. The van der Waals surface area contributed by atoms with Crippen molar-refractivity contribution in [2.24, 2.45) is 0 Å². The van der Waals surface area contributed by atoms with Crippen molar-refractivity contribution in [2.75, 3.05) is 42.6 Å². The summed E-state index contributed by atoms with van der Waals surface area (Å²) in [5.41, 5.74) is 0.239. The van der Waals surface area contributed by atoms with Crippen LogP contribution in [-0.4, -0.2) is 62.0 Å². The molecule has 0 aromatic carbocycles. The molecule has 1 aromatic heterocycles. The van der Waals surface area contributed by atoms with Crippen LogP contribution in [0.5, 0.6) is 0 Å². The van der Waals surface area contributed by atoms with Crippen LogP contribution in [-0.2, 0) is 9.84 Å². The molecule has 6 nitrogen and oxygen atoms in total. The summed E-state index contributed by atoms with van der Waals surface area (Å²) in [5, 5.41) is 9.36. The molecule has 0 unspecified atom stereocenters. The second kappa shape index (κ2) is 6.03. The molecule has 118 valence electrons. The molecule has 2 aliphatic heterocycles. The van der Waals surface area contributed by atoms with Crippen molar-refractivity contribution in [1.29, 1.82) is 5.26 Å². The minimum Gasteiger partial charge on any atom is -0.354 e. The van der Waals surface area contributed by atoms with Gasteiger partial charge in [-0.25, -0.2) is 13.4 Å². The fourth-order valence-corrected chi connectivity index (χ4v) is 4.98. The van der Waals surface area contributed by atoms with Gasteiger partial charge in [-0.1, -0.05) is 11.6 Å². The molecule has 2 aliphatic rings. The van der Waals surface area contributed by atoms with Crippen molar-refractivity contribution in [2.45, 2.75) is 12.5 Å². The van der Waals surface area contributed by atoms with Gasteiger partial charge in [0.15, 0.2) is 15.5 Å². The third kappa shape index (κ3) is 3.19. The van der Waals surface area contributed by atoms with Gasteiger partial charge in [0.2, 0.25) is 0 Å². The highest BCUT2D eigenvalue weighted by Crippen LogP contribution is 2.23. The molecule has 0 aliphatic carbocycles. The van der Waals surface area contributed by atoms with Gasteiger partial charge >= 0.3 is 0 Å². The van der Waals surface area contributed by atoms with Crippen molar-refractivity contribution in [3.63, 3.8) is 0 Å². The van der Waals surface area contributed by atoms with Crippen LogP contribution >= 0.6 is 11.6 Å². The summed E-state index contributed by atoms with van der Waals surface area (Å²) in [7, 11) is -2.84. The predicted molar refractivity (Wildman–Crippen MR) is 84.8 cm³/mol. The van der Waals surface area contributed by atoms with Crippen LogP contribution in [0.25, 0.3) is 0 Å². The molecule has 0 radical (unpaired) electrons. The Morgan fingerprint density at radius 1 is 1.27 bits per heavy atom. The zero-order valence-corrected chi connectivity index (χ0v) is 13.6. The minimum atomic E-state index is -2.84. The number of sulfone groups is 1. The number of halogens is 1. The van der Waals surface area contributed by atoms with Crippen molar-refractivity contribution < 1.29 is 8.42 Å². The first-order valence-corrected chi connectivity index (χ1v) is 9.44. The highest BCUT2D eigenvalue weighted by molar-refractivity contribution is 7.91. The fourth-order valence-electron chi connectivity index (χ4n) is 3.07. The summed E-state index contributed by atoms with van der Waals surface area (Å²) in [6.45, 7) is 3.17. The maximum absolute atomic E-state index is 11.6. The van der Waals surface area contributed by atoms with Crippen LogP contribution in [0.15, 0.2) is 12.1 Å². The summed E-state index contributed by atoms with van der Waals surface area (Å²) in [6, 6.07) is 5.65. The molecule has 3 heterocycles. The smallest absolute Gasteiger partial charge is 0.161 e. The largest absolute Gasteiger partial charge is 0.354 e. The SMILES string of the molecule is N#Cc1nc(N2CCN([C@H]3CCS(=O)(=O)C3)CC2)ccc1Cl. The molecule has 0 saturated carbocycles. The highest BCUT2D eigenvalue weighted by Gasteiger charge is 2.33. The topological polar surface area (TPSA) is 77.3 Å². The van der Waals surface area contributed by atoms with Crippen molar-refractivity contribution in [3.8, 4) is 6.07 Å². The molecule has 0 spiro atoms. The molecule has 1 aromatic rings. The van der Waals surface area contributed by atoms with Gasteiger partial charge in [0, 0.05) is 32.2 Å². The summed E-state index contributed by atoms with van der Waals surface area (Å²) in [4.78, 5) is 8.64. The molecule has 1 atom stereocenters. The zero-order chi connectivity index (χ0) is 15.7. The fraction of sp³-hybridized carbons (Fsp3) is 0.571. The van der Waals surface area contributed by atoms with E-state index in [4.69, 9.17) is 16.9 Å². The van der Waals surface area contributed by atoms with Crippen LogP contribution in [0.3, 0.4) is 0 Å². The van der Waals surface area contributed by atoms with Crippen molar-refractivity contribution in [1.82, 2.24) is 9.88 Å². The summed E-state index contributed by atoms with van der Waals surface area (Å²) >= 11 is 5.90. The van der Waals surface area contributed by atoms with E-state index in [1.54, 1.807) is 6.07 Å². The van der Waals surface area contributed by atoms with E-state index in [2.05, 4.69) is 14.8 Å². The number of anilines is 1. The average molecular weight is 341 g/mol. The Balaban J connectivity index is 1.64. The Morgan fingerprint density at radius 2 is 2.00 bits per heavy atom. The number of aromatic nitrogens is 1. The molecule has 0 bridgehead atoms. The van der Waals surface area contributed by atoms with E-state index in [1.165, 1.54) is 0 Å². The Bertz CT molecular complexity index is 708. The van der Waals surface area contributed by atoms with E-state index in [0.717, 1.165) is 38.4 Å².